The Labute approximate surface area is 171 Å². The maximum atomic E-state index is 12.4. The van der Waals surface area contributed by atoms with Gasteiger partial charge in [-0.25, -0.2) is 0 Å². The third-order valence-corrected chi connectivity index (χ3v) is 6.09. The average Bonchev–Trinajstić information content (AvgIpc) is 3.54. The number of carbonyl (C=O) groups is 1. The Morgan fingerprint density at radius 3 is 2.62 bits per heavy atom. The molecule has 2 aliphatic carbocycles. The number of pyridine rings is 2. The van der Waals surface area contributed by atoms with Crippen molar-refractivity contribution in [2.24, 2.45) is 0 Å². The van der Waals surface area contributed by atoms with Crippen LogP contribution < -0.4 is 5.32 Å². The molecule has 2 fully saturated rings. The summed E-state index contributed by atoms with van der Waals surface area (Å²) in [4.78, 5) is 21.7. The molecule has 0 radical (unpaired) electrons. The molecule has 0 spiro atoms. The van der Waals surface area contributed by atoms with E-state index >= 15 is 0 Å². The van der Waals surface area contributed by atoms with Crippen LogP contribution in [0.5, 0.6) is 0 Å². The lowest BCUT2D eigenvalue weighted by Crippen LogP contribution is -2.51. The van der Waals surface area contributed by atoms with E-state index in [1.165, 1.54) is 24.1 Å². The van der Waals surface area contributed by atoms with Gasteiger partial charge in [-0.1, -0.05) is 12.6 Å². The van der Waals surface area contributed by atoms with Gasteiger partial charge in [-0.15, -0.1) is 0 Å². The van der Waals surface area contributed by atoms with Gasteiger partial charge >= 0.3 is 0 Å². The van der Waals surface area contributed by atoms with E-state index in [4.69, 9.17) is 10.2 Å². The quantitative estimate of drug-likeness (QED) is 0.701. The normalized spacial score (nSPS) is 17.1. The van der Waals surface area contributed by atoms with E-state index in [0.717, 1.165) is 36.1 Å². The Morgan fingerprint density at radius 1 is 1.28 bits per heavy atom. The molecule has 1 amide bonds. The maximum Gasteiger partial charge on any atom is 0.221 e. The number of aryl methyl sites for hydroxylation is 1. The number of nitrogens with zero attached hydrogens (tertiary/aromatic N) is 3. The average molecular weight is 386 g/mol. The predicted octanol–water partition coefficient (Wildman–Crippen LogP) is 4.68. The Bertz CT molecular complexity index is 979. The predicted molar refractivity (Wildman–Crippen MR) is 112 cm³/mol. The lowest BCUT2D eigenvalue weighted by Gasteiger charge is -2.42. The molecule has 148 valence electrons. The van der Waals surface area contributed by atoms with Gasteiger partial charge in [-0.2, -0.15) is 5.26 Å². The lowest BCUT2D eigenvalue weighted by atomic mass is 9.73. The molecule has 5 heteroatoms. The zero-order valence-corrected chi connectivity index (χ0v) is 16.9. The number of nitrogens with one attached hydrogen (secondary N) is 1. The molecule has 0 bridgehead atoms. The Hall–Kier alpha value is -3.00. The van der Waals surface area contributed by atoms with E-state index in [0.29, 0.717) is 17.9 Å². The summed E-state index contributed by atoms with van der Waals surface area (Å²) < 4.78 is 0. The molecule has 2 aromatic rings. The summed E-state index contributed by atoms with van der Waals surface area (Å²) in [6.45, 7) is 5.76. The molecule has 0 aliphatic heterocycles. The van der Waals surface area contributed by atoms with E-state index in [2.05, 4.69) is 35.9 Å². The van der Waals surface area contributed by atoms with E-state index in [-0.39, 0.29) is 17.9 Å². The van der Waals surface area contributed by atoms with Crippen molar-refractivity contribution in [1.82, 2.24) is 15.3 Å². The number of nitriles is 1. The molecule has 2 aromatic heterocycles. The summed E-state index contributed by atoms with van der Waals surface area (Å²) in [5.41, 5.74) is 5.53. The van der Waals surface area contributed by atoms with Crippen LogP contribution in [0.15, 0.2) is 42.7 Å². The summed E-state index contributed by atoms with van der Waals surface area (Å²) in [5, 5.41) is 12.0. The first-order valence-corrected chi connectivity index (χ1v) is 10.3. The maximum absolute atomic E-state index is 12.4. The van der Waals surface area contributed by atoms with Gasteiger partial charge in [0.2, 0.25) is 5.91 Å². The Balaban J connectivity index is 1.48. The number of rotatable bonds is 7. The van der Waals surface area contributed by atoms with Crippen molar-refractivity contribution in [2.75, 3.05) is 0 Å². The fraction of sp³-hybridized carbons (Fsp3) is 0.417. The van der Waals surface area contributed by atoms with Gasteiger partial charge in [-0.05, 0) is 63.1 Å². The van der Waals surface area contributed by atoms with Crippen LogP contribution in [-0.4, -0.2) is 15.9 Å². The van der Waals surface area contributed by atoms with Gasteiger partial charge in [0.05, 0.1) is 17.3 Å². The van der Waals surface area contributed by atoms with Crippen LogP contribution in [0.25, 0.3) is 11.1 Å². The second kappa shape index (κ2) is 7.79. The zero-order valence-electron chi connectivity index (χ0n) is 16.9. The highest BCUT2D eigenvalue weighted by Crippen LogP contribution is 2.42. The Morgan fingerprint density at radius 2 is 2.07 bits per heavy atom. The first kappa shape index (κ1) is 19.3. The third kappa shape index (κ3) is 4.07. The van der Waals surface area contributed by atoms with Crippen LogP contribution >= 0.6 is 0 Å². The van der Waals surface area contributed by atoms with Crippen LogP contribution in [0, 0.1) is 18.3 Å². The van der Waals surface area contributed by atoms with E-state index in [1.807, 2.05) is 24.5 Å². The van der Waals surface area contributed by atoms with Gasteiger partial charge in [0.25, 0.3) is 0 Å². The second-order valence-corrected chi connectivity index (χ2v) is 8.33. The van der Waals surface area contributed by atoms with Crippen LogP contribution in [0.2, 0.25) is 0 Å². The van der Waals surface area contributed by atoms with Crippen LogP contribution in [0.1, 0.15) is 67.8 Å². The number of allylic oxidation sites excluding steroid dienone is 1. The van der Waals surface area contributed by atoms with Crippen molar-refractivity contribution in [3.8, 4) is 17.2 Å². The van der Waals surface area contributed by atoms with E-state index < -0.39 is 0 Å². The van der Waals surface area contributed by atoms with Crippen molar-refractivity contribution in [3.05, 3.63) is 59.7 Å². The van der Waals surface area contributed by atoms with Crippen molar-refractivity contribution in [3.63, 3.8) is 0 Å². The molecule has 2 heterocycles. The molecule has 5 nitrogen and oxygen atoms in total. The van der Waals surface area contributed by atoms with Crippen molar-refractivity contribution >= 4 is 5.91 Å². The van der Waals surface area contributed by atoms with E-state index in [9.17, 15) is 4.79 Å². The molecule has 1 N–H and O–H groups in total. The largest absolute Gasteiger partial charge is 0.345 e. The summed E-state index contributed by atoms with van der Waals surface area (Å²) in [6, 6.07) is 8.29. The van der Waals surface area contributed by atoms with Crippen LogP contribution in [0.3, 0.4) is 0 Å². The standard InChI is InChI=1S/C24H26N4O/c1-16(13-25)4-9-23(29)28-24(10-3-11-24)22-8-7-19(14-27-22)20-15-26-21(12-17(20)2)18-5-6-18/h7-8,12,14-15,18H,1,3-6,9-11H2,2H3,(H,28,29). The highest BCUT2D eigenvalue weighted by atomic mass is 16.1. The van der Waals surface area contributed by atoms with Crippen molar-refractivity contribution in [2.45, 2.75) is 63.3 Å². The fourth-order valence-corrected chi connectivity index (χ4v) is 3.94. The SMILES string of the molecule is C=C(C#N)CCC(=O)NC1(c2ccc(-c3cnc(C4CC4)cc3C)cn2)CCC1. The minimum atomic E-state index is -0.382. The molecular formula is C24H26N4O. The van der Waals surface area contributed by atoms with Gasteiger partial charge in [-0.3, -0.25) is 14.8 Å². The molecule has 0 unspecified atom stereocenters. The summed E-state index contributed by atoms with van der Waals surface area (Å²) in [7, 11) is 0. The minimum Gasteiger partial charge on any atom is -0.345 e. The van der Waals surface area contributed by atoms with Crippen LogP contribution in [-0.2, 0) is 10.3 Å². The third-order valence-electron chi connectivity index (χ3n) is 6.09. The number of carbonyl (C=O) groups excluding carboxylic acids is 1. The molecule has 0 aromatic carbocycles. The summed E-state index contributed by atoms with van der Waals surface area (Å²) >= 11 is 0. The highest BCUT2D eigenvalue weighted by molar-refractivity contribution is 5.77. The van der Waals surface area contributed by atoms with E-state index in [1.54, 1.807) is 0 Å². The van der Waals surface area contributed by atoms with Crippen LogP contribution in [0.4, 0.5) is 0 Å². The highest BCUT2D eigenvalue weighted by Gasteiger charge is 2.41. The van der Waals surface area contributed by atoms with Crippen molar-refractivity contribution in [1.29, 1.82) is 5.26 Å². The molecule has 4 rings (SSSR count). The summed E-state index contributed by atoms with van der Waals surface area (Å²) in [6.07, 6.45) is 9.88. The molecule has 2 aliphatic rings. The number of hydrogen-bond acceptors (Lipinski definition) is 4. The zero-order chi connectivity index (χ0) is 20.4. The molecule has 0 saturated heterocycles. The smallest absolute Gasteiger partial charge is 0.221 e. The van der Waals surface area contributed by atoms with Gasteiger partial charge in [0, 0.05) is 47.1 Å². The number of amides is 1. The lowest BCUT2D eigenvalue weighted by molar-refractivity contribution is -0.124. The monoisotopic (exact) mass is 386 g/mol. The first-order chi connectivity index (χ1) is 14.0. The fourth-order valence-electron chi connectivity index (χ4n) is 3.94. The minimum absolute atomic E-state index is 0.0531. The van der Waals surface area contributed by atoms with Gasteiger partial charge in [0.1, 0.15) is 0 Å². The van der Waals surface area contributed by atoms with Crippen molar-refractivity contribution < 1.29 is 4.79 Å². The molecular weight excluding hydrogens is 360 g/mol. The second-order valence-electron chi connectivity index (χ2n) is 8.33. The molecule has 0 atom stereocenters. The topological polar surface area (TPSA) is 78.7 Å². The van der Waals surface area contributed by atoms with Gasteiger partial charge in [0.15, 0.2) is 0 Å². The molecule has 2 saturated carbocycles. The number of aromatic nitrogens is 2. The summed E-state index contributed by atoms with van der Waals surface area (Å²) in [5.74, 6) is 0.596. The Kier molecular flexibility index (Phi) is 5.19. The number of hydrogen-bond donors (Lipinski definition) is 1. The first-order valence-electron chi connectivity index (χ1n) is 10.3. The molecule has 29 heavy (non-hydrogen) atoms. The van der Waals surface area contributed by atoms with Gasteiger partial charge < -0.3 is 5.32 Å².